The fourth-order valence-electron chi connectivity index (χ4n) is 3.00. The minimum absolute atomic E-state index is 0.0806. The van der Waals surface area contributed by atoms with Crippen molar-refractivity contribution in [3.05, 3.63) is 51.6 Å². The minimum Gasteiger partial charge on any atom is -0.357 e. The smallest absolute Gasteiger partial charge is 0.269 e. The van der Waals surface area contributed by atoms with Crippen LogP contribution in [-0.4, -0.2) is 38.2 Å². The molecule has 1 aromatic heterocycles. The van der Waals surface area contributed by atoms with Crippen LogP contribution in [0.4, 0.5) is 5.69 Å². The lowest BCUT2D eigenvalue weighted by atomic mass is 10.1. The number of nitrogens with one attached hydrogen (secondary N) is 2. The third-order valence-electron chi connectivity index (χ3n) is 4.19. The predicted molar refractivity (Wildman–Crippen MR) is 97.9 cm³/mol. The van der Waals surface area contributed by atoms with Crippen molar-refractivity contribution < 1.29 is 4.92 Å². The largest absolute Gasteiger partial charge is 0.357 e. The predicted octanol–water partition coefficient (Wildman–Crippen LogP) is 1.56. The number of nitrogens with zero attached hydrogens (tertiary/aromatic N) is 5. The lowest BCUT2D eigenvalue weighted by Crippen LogP contribution is -2.47. The quantitative estimate of drug-likeness (QED) is 0.364. The molecule has 0 spiro atoms. The van der Waals surface area contributed by atoms with Crippen LogP contribution in [0.25, 0.3) is 0 Å². The number of rotatable bonds is 5. The van der Waals surface area contributed by atoms with Crippen LogP contribution < -0.4 is 10.6 Å². The van der Waals surface area contributed by atoms with E-state index < -0.39 is 4.92 Å². The monoisotopic (exact) mass is 357 g/mol. The van der Waals surface area contributed by atoms with E-state index in [2.05, 4.69) is 25.7 Å². The summed E-state index contributed by atoms with van der Waals surface area (Å²) in [5, 5.41) is 22.0. The first kappa shape index (κ1) is 17.8. The van der Waals surface area contributed by atoms with Crippen molar-refractivity contribution in [3.8, 4) is 0 Å². The van der Waals surface area contributed by atoms with Crippen LogP contribution in [0.2, 0.25) is 0 Å². The molecule has 2 heterocycles. The van der Waals surface area contributed by atoms with Crippen LogP contribution in [0.1, 0.15) is 30.6 Å². The van der Waals surface area contributed by atoms with Crippen molar-refractivity contribution in [3.63, 3.8) is 0 Å². The fourth-order valence-corrected chi connectivity index (χ4v) is 3.00. The molecule has 0 amide bonds. The number of aryl methyl sites for hydroxylation is 2. The van der Waals surface area contributed by atoms with Crippen molar-refractivity contribution in [2.75, 3.05) is 6.54 Å². The van der Waals surface area contributed by atoms with E-state index in [1.54, 1.807) is 12.1 Å². The average Bonchev–Trinajstić information content (AvgIpc) is 2.99. The SMILES string of the molecule is CCNC(=NCc1cccc([N+](=O)[O-])c1)NC1CCc2nc(C)nn2C1. The molecule has 9 heteroatoms. The first-order chi connectivity index (χ1) is 12.5. The third kappa shape index (κ3) is 4.35. The summed E-state index contributed by atoms with van der Waals surface area (Å²) in [5.74, 6) is 2.52. The van der Waals surface area contributed by atoms with Gasteiger partial charge in [-0.05, 0) is 25.8 Å². The standard InChI is InChI=1S/C17H23N7O2/c1-3-18-17(19-10-13-5-4-6-15(9-13)24(25)26)21-14-7-8-16-20-12(2)22-23(16)11-14/h4-6,9,14H,3,7-8,10-11H2,1-2H3,(H2,18,19,21). The molecule has 0 saturated heterocycles. The van der Waals surface area contributed by atoms with Gasteiger partial charge in [0.2, 0.25) is 0 Å². The van der Waals surface area contributed by atoms with Gasteiger partial charge in [0.25, 0.3) is 5.69 Å². The zero-order valence-electron chi connectivity index (χ0n) is 15.0. The van der Waals surface area contributed by atoms with Crippen molar-refractivity contribution in [2.24, 2.45) is 4.99 Å². The van der Waals surface area contributed by atoms with E-state index in [4.69, 9.17) is 0 Å². The number of aromatic nitrogens is 3. The summed E-state index contributed by atoms with van der Waals surface area (Å²) in [6.07, 6.45) is 1.84. The average molecular weight is 357 g/mol. The molecule has 1 atom stereocenters. The second-order valence-electron chi connectivity index (χ2n) is 6.26. The zero-order chi connectivity index (χ0) is 18.5. The van der Waals surface area contributed by atoms with Gasteiger partial charge in [-0.2, -0.15) is 5.10 Å². The Bertz CT molecular complexity index is 815. The second-order valence-corrected chi connectivity index (χ2v) is 6.26. The molecular weight excluding hydrogens is 334 g/mol. The summed E-state index contributed by atoms with van der Waals surface area (Å²) in [7, 11) is 0. The van der Waals surface area contributed by atoms with Gasteiger partial charge in [-0.15, -0.1) is 0 Å². The summed E-state index contributed by atoms with van der Waals surface area (Å²) in [6.45, 7) is 5.76. The van der Waals surface area contributed by atoms with Crippen LogP contribution in [0.3, 0.4) is 0 Å². The Morgan fingerprint density at radius 2 is 2.35 bits per heavy atom. The maximum Gasteiger partial charge on any atom is 0.269 e. The van der Waals surface area contributed by atoms with Gasteiger partial charge in [-0.1, -0.05) is 12.1 Å². The second kappa shape index (κ2) is 7.94. The van der Waals surface area contributed by atoms with Crippen LogP contribution in [0.5, 0.6) is 0 Å². The minimum atomic E-state index is -0.392. The van der Waals surface area contributed by atoms with E-state index in [-0.39, 0.29) is 11.7 Å². The normalized spacial score (nSPS) is 16.8. The molecule has 0 aliphatic carbocycles. The Morgan fingerprint density at radius 1 is 1.50 bits per heavy atom. The molecule has 26 heavy (non-hydrogen) atoms. The molecule has 0 radical (unpaired) electrons. The Hall–Kier alpha value is -2.97. The molecule has 0 bridgehead atoms. The fraction of sp³-hybridized carbons (Fsp3) is 0.471. The Labute approximate surface area is 151 Å². The van der Waals surface area contributed by atoms with Gasteiger partial charge < -0.3 is 10.6 Å². The molecule has 3 rings (SSSR count). The highest BCUT2D eigenvalue weighted by Crippen LogP contribution is 2.14. The lowest BCUT2D eigenvalue weighted by Gasteiger charge is -2.25. The van der Waals surface area contributed by atoms with Crippen molar-refractivity contribution in [1.82, 2.24) is 25.4 Å². The van der Waals surface area contributed by atoms with Gasteiger partial charge in [0, 0.05) is 31.1 Å². The summed E-state index contributed by atoms with van der Waals surface area (Å²) in [4.78, 5) is 19.5. The van der Waals surface area contributed by atoms with Crippen molar-refractivity contribution >= 4 is 11.6 Å². The molecule has 1 aliphatic rings. The molecule has 2 N–H and O–H groups in total. The number of benzene rings is 1. The first-order valence-corrected chi connectivity index (χ1v) is 8.73. The molecule has 0 fully saturated rings. The molecule has 0 saturated carbocycles. The van der Waals surface area contributed by atoms with Gasteiger partial charge in [0.15, 0.2) is 5.96 Å². The van der Waals surface area contributed by atoms with Crippen LogP contribution >= 0.6 is 0 Å². The van der Waals surface area contributed by atoms with Crippen LogP contribution in [-0.2, 0) is 19.5 Å². The number of non-ortho nitro benzene ring substituents is 1. The third-order valence-corrected chi connectivity index (χ3v) is 4.19. The maximum atomic E-state index is 10.9. The topological polar surface area (TPSA) is 110 Å². The van der Waals surface area contributed by atoms with E-state index in [0.717, 1.165) is 43.1 Å². The lowest BCUT2D eigenvalue weighted by molar-refractivity contribution is -0.384. The number of guanidine groups is 1. The molecule has 2 aromatic rings. The number of nitro benzene ring substituents is 1. The highest BCUT2D eigenvalue weighted by molar-refractivity contribution is 5.80. The van der Waals surface area contributed by atoms with Gasteiger partial charge in [0.05, 0.1) is 18.0 Å². The summed E-state index contributed by atoms with van der Waals surface area (Å²) in [6, 6.07) is 6.77. The number of hydrogen-bond acceptors (Lipinski definition) is 5. The summed E-state index contributed by atoms with van der Waals surface area (Å²) >= 11 is 0. The molecule has 1 aromatic carbocycles. The van der Waals surface area contributed by atoms with E-state index in [0.29, 0.717) is 12.5 Å². The summed E-state index contributed by atoms with van der Waals surface area (Å²) in [5.41, 5.74) is 0.881. The van der Waals surface area contributed by atoms with Crippen LogP contribution in [0.15, 0.2) is 29.3 Å². The molecule has 9 nitrogen and oxygen atoms in total. The number of nitro groups is 1. The van der Waals surface area contributed by atoms with Gasteiger partial charge in [-0.25, -0.2) is 14.7 Å². The van der Waals surface area contributed by atoms with Crippen molar-refractivity contribution in [1.29, 1.82) is 0 Å². The van der Waals surface area contributed by atoms with Gasteiger partial charge in [0.1, 0.15) is 11.6 Å². The molecule has 138 valence electrons. The van der Waals surface area contributed by atoms with Gasteiger partial charge in [-0.3, -0.25) is 10.1 Å². The Morgan fingerprint density at radius 3 is 3.12 bits per heavy atom. The number of fused-ring (bicyclic) bond motifs is 1. The van der Waals surface area contributed by atoms with Crippen molar-refractivity contribution in [2.45, 2.75) is 45.8 Å². The molecular formula is C17H23N7O2. The van der Waals surface area contributed by atoms with E-state index in [1.165, 1.54) is 6.07 Å². The number of hydrogen-bond donors (Lipinski definition) is 2. The Balaban J connectivity index is 1.66. The highest BCUT2D eigenvalue weighted by atomic mass is 16.6. The highest BCUT2D eigenvalue weighted by Gasteiger charge is 2.21. The van der Waals surface area contributed by atoms with E-state index in [9.17, 15) is 10.1 Å². The molecule has 1 aliphatic heterocycles. The van der Waals surface area contributed by atoms with Gasteiger partial charge >= 0.3 is 0 Å². The number of aliphatic imine (C=N–C) groups is 1. The van der Waals surface area contributed by atoms with E-state index in [1.807, 2.05) is 24.6 Å². The maximum absolute atomic E-state index is 10.9. The Kier molecular flexibility index (Phi) is 5.45. The van der Waals surface area contributed by atoms with Crippen LogP contribution in [0, 0.1) is 17.0 Å². The first-order valence-electron chi connectivity index (χ1n) is 8.73. The zero-order valence-corrected chi connectivity index (χ0v) is 15.0. The molecule has 1 unspecified atom stereocenters. The van der Waals surface area contributed by atoms with E-state index >= 15 is 0 Å². The summed E-state index contributed by atoms with van der Waals surface area (Å²) < 4.78 is 1.95.